The Bertz CT molecular complexity index is 713. The van der Waals surface area contributed by atoms with Crippen LogP contribution in [0.2, 0.25) is 0 Å². The van der Waals surface area contributed by atoms with Gasteiger partial charge in [0.2, 0.25) is 11.9 Å². The highest BCUT2D eigenvalue weighted by atomic mass is 79.9. The molecule has 1 saturated heterocycles. The van der Waals surface area contributed by atoms with Gasteiger partial charge < -0.3 is 0 Å². The lowest BCUT2D eigenvalue weighted by Gasteiger charge is -2.24. The Hall–Kier alpha value is -0.920. The van der Waals surface area contributed by atoms with Crippen LogP contribution in [0.3, 0.4) is 0 Å². The van der Waals surface area contributed by atoms with Crippen LogP contribution < -0.4 is 4.90 Å². The molecule has 1 aromatic heterocycles. The van der Waals surface area contributed by atoms with Crippen LogP contribution in [0, 0.1) is 13.8 Å². The van der Waals surface area contributed by atoms with Gasteiger partial charge in [0, 0.05) is 25.9 Å². The Morgan fingerprint density at radius 1 is 1.18 bits per heavy atom. The lowest BCUT2D eigenvalue weighted by atomic mass is 10.2. The van der Waals surface area contributed by atoms with Crippen LogP contribution in [0.15, 0.2) is 33.2 Å². The van der Waals surface area contributed by atoms with Crippen LogP contribution in [-0.2, 0) is 4.79 Å². The highest BCUT2D eigenvalue weighted by Crippen LogP contribution is 2.45. The number of thioether (sulfide) groups is 1. The van der Waals surface area contributed by atoms with Crippen LogP contribution in [-0.4, -0.2) is 21.6 Å². The number of carbonyl (C=O) groups is 1. The lowest BCUT2D eigenvalue weighted by Crippen LogP contribution is -2.30. The molecule has 1 aliphatic heterocycles. The average molecular weight is 443 g/mol. The Labute approximate surface area is 150 Å². The molecule has 0 N–H and O–H groups in total. The summed E-state index contributed by atoms with van der Waals surface area (Å²) in [6.45, 7) is 3.82. The van der Waals surface area contributed by atoms with Crippen LogP contribution in [0.1, 0.15) is 22.3 Å². The second kappa shape index (κ2) is 6.29. The molecular weight excluding hydrogens is 430 g/mol. The first-order valence-corrected chi connectivity index (χ1v) is 9.30. The maximum absolute atomic E-state index is 12.4. The molecule has 1 fully saturated rings. The van der Waals surface area contributed by atoms with E-state index in [0.29, 0.717) is 11.7 Å². The first-order valence-electron chi connectivity index (χ1n) is 6.67. The van der Waals surface area contributed by atoms with Crippen molar-refractivity contribution < 1.29 is 4.79 Å². The third-order valence-electron chi connectivity index (χ3n) is 3.30. The van der Waals surface area contributed by atoms with Gasteiger partial charge in [0.25, 0.3) is 0 Å². The van der Waals surface area contributed by atoms with E-state index in [0.717, 1.165) is 25.9 Å². The predicted octanol–water partition coefficient (Wildman–Crippen LogP) is 4.40. The molecule has 1 aromatic carbocycles. The number of amides is 1. The molecule has 1 atom stereocenters. The van der Waals surface area contributed by atoms with Gasteiger partial charge in [-0.1, -0.05) is 37.9 Å². The third kappa shape index (κ3) is 2.94. The average Bonchev–Trinajstić information content (AvgIpc) is 2.79. The smallest absolute Gasteiger partial charge is 0.240 e. The second-order valence-corrected chi connectivity index (χ2v) is 7.79. The molecule has 0 unspecified atom stereocenters. The van der Waals surface area contributed by atoms with Gasteiger partial charge in [-0.05, 0) is 32.0 Å². The molecule has 0 saturated carbocycles. The van der Waals surface area contributed by atoms with Gasteiger partial charge in [-0.3, -0.25) is 9.69 Å². The molecule has 2 aromatic rings. The molecule has 0 radical (unpaired) electrons. The molecule has 114 valence electrons. The van der Waals surface area contributed by atoms with Gasteiger partial charge in [-0.15, -0.1) is 11.8 Å². The minimum Gasteiger partial charge on any atom is -0.273 e. The highest BCUT2D eigenvalue weighted by Gasteiger charge is 2.37. The predicted molar refractivity (Wildman–Crippen MR) is 96.0 cm³/mol. The molecule has 1 aliphatic rings. The van der Waals surface area contributed by atoms with Gasteiger partial charge in [0.1, 0.15) is 5.37 Å². The van der Waals surface area contributed by atoms with Crippen molar-refractivity contribution in [3.63, 3.8) is 0 Å². The first-order chi connectivity index (χ1) is 10.5. The topological polar surface area (TPSA) is 46.1 Å². The number of aryl methyl sites for hydroxylation is 2. The van der Waals surface area contributed by atoms with Gasteiger partial charge >= 0.3 is 0 Å². The van der Waals surface area contributed by atoms with Crippen molar-refractivity contribution in [3.8, 4) is 0 Å². The first kappa shape index (κ1) is 16.0. The SMILES string of the molecule is Cc1cc(C)nc(N2C(=O)CS[C@@H]2c2c(Br)cccc2Br)n1. The van der Waals surface area contributed by atoms with Crippen LogP contribution in [0.4, 0.5) is 5.95 Å². The third-order valence-corrected chi connectivity index (χ3v) is 5.86. The number of halogens is 2. The van der Waals surface area contributed by atoms with Crippen molar-refractivity contribution in [2.75, 3.05) is 10.7 Å². The highest BCUT2D eigenvalue weighted by molar-refractivity contribution is 9.11. The largest absolute Gasteiger partial charge is 0.273 e. The normalized spacial score (nSPS) is 18.1. The van der Waals surface area contributed by atoms with E-state index < -0.39 is 0 Å². The summed E-state index contributed by atoms with van der Waals surface area (Å²) in [6.07, 6.45) is 0. The van der Waals surface area contributed by atoms with Crippen molar-refractivity contribution in [2.45, 2.75) is 19.2 Å². The van der Waals surface area contributed by atoms with Gasteiger partial charge in [-0.2, -0.15) is 0 Å². The van der Waals surface area contributed by atoms with Crippen molar-refractivity contribution in [3.05, 3.63) is 50.2 Å². The van der Waals surface area contributed by atoms with E-state index in [4.69, 9.17) is 0 Å². The van der Waals surface area contributed by atoms with Crippen molar-refractivity contribution in [2.24, 2.45) is 0 Å². The summed E-state index contributed by atoms with van der Waals surface area (Å²) >= 11 is 8.75. The Morgan fingerprint density at radius 2 is 1.77 bits per heavy atom. The van der Waals surface area contributed by atoms with Gasteiger partial charge in [0.15, 0.2) is 0 Å². The fraction of sp³-hybridized carbons (Fsp3) is 0.267. The molecule has 2 heterocycles. The van der Waals surface area contributed by atoms with E-state index in [1.807, 2.05) is 38.1 Å². The molecule has 22 heavy (non-hydrogen) atoms. The number of anilines is 1. The van der Waals surface area contributed by atoms with E-state index >= 15 is 0 Å². The number of hydrogen-bond donors (Lipinski definition) is 0. The maximum Gasteiger partial charge on any atom is 0.240 e. The van der Waals surface area contributed by atoms with Crippen LogP contribution >= 0.6 is 43.6 Å². The van der Waals surface area contributed by atoms with Gasteiger partial charge in [0.05, 0.1) is 5.75 Å². The summed E-state index contributed by atoms with van der Waals surface area (Å²) in [5.41, 5.74) is 2.75. The van der Waals surface area contributed by atoms with E-state index in [9.17, 15) is 4.79 Å². The molecular formula is C15H13Br2N3OS. The van der Waals surface area contributed by atoms with E-state index in [1.165, 1.54) is 0 Å². The molecule has 1 amide bonds. The number of carbonyl (C=O) groups excluding carboxylic acids is 1. The standard InChI is InChI=1S/C15H13Br2N3OS/c1-8-6-9(2)19-15(18-8)20-12(21)7-22-14(20)13-10(16)4-3-5-11(13)17/h3-6,14H,7H2,1-2H3/t14-/m1/s1. The Morgan fingerprint density at radius 3 is 2.36 bits per heavy atom. The zero-order chi connectivity index (χ0) is 15.9. The number of benzene rings is 1. The van der Waals surface area contributed by atoms with Crippen LogP contribution in [0.25, 0.3) is 0 Å². The molecule has 3 rings (SSSR count). The Balaban J connectivity index is 2.10. The summed E-state index contributed by atoms with van der Waals surface area (Å²) in [5.74, 6) is 0.928. The summed E-state index contributed by atoms with van der Waals surface area (Å²) in [7, 11) is 0. The number of rotatable bonds is 2. The summed E-state index contributed by atoms with van der Waals surface area (Å²) < 4.78 is 1.92. The van der Waals surface area contributed by atoms with E-state index in [2.05, 4.69) is 41.8 Å². The Kier molecular flexibility index (Phi) is 4.56. The number of nitrogens with zero attached hydrogens (tertiary/aromatic N) is 3. The zero-order valence-corrected chi connectivity index (χ0v) is 16.0. The minimum absolute atomic E-state index is 0.0302. The summed E-state index contributed by atoms with van der Waals surface area (Å²) in [6, 6.07) is 7.81. The van der Waals surface area contributed by atoms with Crippen LogP contribution in [0.5, 0.6) is 0 Å². The van der Waals surface area contributed by atoms with Crippen molar-refractivity contribution >= 4 is 55.5 Å². The minimum atomic E-state index is -0.140. The molecule has 4 nitrogen and oxygen atoms in total. The summed E-state index contributed by atoms with van der Waals surface area (Å²) in [5, 5.41) is -0.140. The van der Waals surface area contributed by atoms with Crippen molar-refractivity contribution in [1.82, 2.24) is 9.97 Å². The second-order valence-electron chi connectivity index (χ2n) is 5.01. The quantitative estimate of drug-likeness (QED) is 0.691. The molecule has 7 heteroatoms. The van der Waals surface area contributed by atoms with Gasteiger partial charge in [-0.25, -0.2) is 9.97 Å². The monoisotopic (exact) mass is 441 g/mol. The summed E-state index contributed by atoms with van der Waals surface area (Å²) in [4.78, 5) is 23.0. The number of aromatic nitrogens is 2. The fourth-order valence-corrected chi connectivity index (χ4v) is 5.37. The lowest BCUT2D eigenvalue weighted by molar-refractivity contribution is -0.115. The zero-order valence-electron chi connectivity index (χ0n) is 12.0. The fourth-order valence-electron chi connectivity index (χ4n) is 2.42. The molecule has 0 aliphatic carbocycles. The van der Waals surface area contributed by atoms with Crippen molar-refractivity contribution in [1.29, 1.82) is 0 Å². The number of hydrogen-bond acceptors (Lipinski definition) is 4. The van der Waals surface area contributed by atoms with E-state index in [-0.39, 0.29) is 11.3 Å². The molecule has 0 spiro atoms. The molecule has 0 bridgehead atoms. The maximum atomic E-state index is 12.4. The van der Waals surface area contributed by atoms with E-state index in [1.54, 1.807) is 16.7 Å².